The number of nitro groups is 1. The number of nitriles is 1. The first kappa shape index (κ1) is 15.1. The zero-order valence-corrected chi connectivity index (χ0v) is 12.1. The topological polar surface area (TPSA) is 79.0 Å². The number of hydrogen-bond acceptors (Lipinski definition) is 4. The molecule has 0 aliphatic rings. The van der Waals surface area contributed by atoms with E-state index >= 15 is 0 Å². The number of rotatable bonds is 4. The van der Waals surface area contributed by atoms with E-state index in [1.54, 1.807) is 18.2 Å². The van der Waals surface area contributed by atoms with E-state index in [-0.39, 0.29) is 12.2 Å². The summed E-state index contributed by atoms with van der Waals surface area (Å²) in [6.45, 7) is 0.259. The third kappa shape index (κ3) is 3.63. The molecule has 0 amide bonds. The van der Waals surface area contributed by atoms with E-state index in [1.165, 1.54) is 18.2 Å². The summed E-state index contributed by atoms with van der Waals surface area (Å²) in [5.74, 6) is 0. The van der Waals surface area contributed by atoms with Crippen LogP contribution in [0.15, 0.2) is 36.4 Å². The van der Waals surface area contributed by atoms with Gasteiger partial charge in [0.05, 0.1) is 27.3 Å². The first-order valence-corrected chi connectivity index (χ1v) is 6.63. The van der Waals surface area contributed by atoms with Crippen LogP contribution >= 0.6 is 23.2 Å². The smallest absolute Gasteiger partial charge is 0.269 e. The van der Waals surface area contributed by atoms with Crippen molar-refractivity contribution in [3.8, 4) is 6.07 Å². The fraction of sp³-hybridized carbons (Fsp3) is 0.0714. The molecule has 5 nitrogen and oxygen atoms in total. The third-order valence-electron chi connectivity index (χ3n) is 2.80. The zero-order valence-electron chi connectivity index (χ0n) is 10.6. The van der Waals surface area contributed by atoms with Gasteiger partial charge in [-0.05, 0) is 29.8 Å². The highest BCUT2D eigenvalue weighted by molar-refractivity contribution is 6.33. The summed E-state index contributed by atoms with van der Waals surface area (Å²) in [5, 5.41) is 23.5. The maximum Gasteiger partial charge on any atom is 0.269 e. The molecule has 0 aliphatic heterocycles. The Morgan fingerprint density at radius 2 is 1.90 bits per heavy atom. The van der Waals surface area contributed by atoms with Crippen molar-refractivity contribution in [1.82, 2.24) is 0 Å². The van der Waals surface area contributed by atoms with Crippen LogP contribution in [-0.4, -0.2) is 4.92 Å². The van der Waals surface area contributed by atoms with Crippen molar-refractivity contribution < 1.29 is 4.92 Å². The molecule has 0 spiro atoms. The third-order valence-corrected chi connectivity index (χ3v) is 3.50. The van der Waals surface area contributed by atoms with Gasteiger partial charge in [0.15, 0.2) is 0 Å². The SMILES string of the molecule is N#Cc1ccc(Cl)c(NCc2cc([N+](=O)[O-])ccc2Cl)c1. The predicted molar refractivity (Wildman–Crippen MR) is 81.6 cm³/mol. The number of nitro benzene ring substituents is 1. The van der Waals surface area contributed by atoms with E-state index in [0.717, 1.165) is 0 Å². The zero-order chi connectivity index (χ0) is 15.4. The number of benzene rings is 2. The minimum Gasteiger partial charge on any atom is -0.380 e. The van der Waals surface area contributed by atoms with Crippen LogP contribution in [0.1, 0.15) is 11.1 Å². The molecule has 0 radical (unpaired) electrons. The molecule has 7 heteroatoms. The van der Waals surface area contributed by atoms with Gasteiger partial charge in [0.25, 0.3) is 5.69 Å². The largest absolute Gasteiger partial charge is 0.380 e. The Balaban J connectivity index is 2.22. The lowest BCUT2D eigenvalue weighted by Crippen LogP contribution is -2.02. The van der Waals surface area contributed by atoms with Crippen LogP contribution in [0.5, 0.6) is 0 Å². The van der Waals surface area contributed by atoms with E-state index in [9.17, 15) is 10.1 Å². The van der Waals surface area contributed by atoms with E-state index in [2.05, 4.69) is 5.32 Å². The molecule has 0 unspecified atom stereocenters. The van der Waals surface area contributed by atoms with Crippen molar-refractivity contribution in [2.24, 2.45) is 0 Å². The Labute approximate surface area is 130 Å². The Kier molecular flexibility index (Phi) is 4.63. The minimum absolute atomic E-state index is 0.0342. The number of anilines is 1. The normalized spacial score (nSPS) is 9.95. The molecular formula is C14H9Cl2N3O2. The molecule has 2 rings (SSSR count). The van der Waals surface area contributed by atoms with Crippen LogP contribution in [0, 0.1) is 21.4 Å². The molecule has 0 fully saturated rings. The van der Waals surface area contributed by atoms with E-state index in [1.807, 2.05) is 6.07 Å². The lowest BCUT2D eigenvalue weighted by molar-refractivity contribution is -0.384. The molecular weight excluding hydrogens is 313 g/mol. The molecule has 0 heterocycles. The second kappa shape index (κ2) is 6.44. The van der Waals surface area contributed by atoms with Crippen LogP contribution in [0.2, 0.25) is 10.0 Å². The molecule has 0 atom stereocenters. The molecule has 0 aromatic heterocycles. The van der Waals surface area contributed by atoms with Crippen molar-refractivity contribution in [2.45, 2.75) is 6.54 Å². The fourth-order valence-electron chi connectivity index (χ4n) is 1.73. The van der Waals surface area contributed by atoms with E-state index < -0.39 is 4.92 Å². The lowest BCUT2D eigenvalue weighted by Gasteiger charge is -2.10. The van der Waals surface area contributed by atoms with Crippen LogP contribution in [0.25, 0.3) is 0 Å². The molecule has 1 N–H and O–H groups in total. The van der Waals surface area contributed by atoms with Gasteiger partial charge in [-0.25, -0.2) is 0 Å². The molecule has 106 valence electrons. The molecule has 2 aromatic carbocycles. The summed E-state index contributed by atoms with van der Waals surface area (Å²) in [7, 11) is 0. The summed E-state index contributed by atoms with van der Waals surface area (Å²) in [4.78, 5) is 10.3. The van der Waals surface area contributed by atoms with Gasteiger partial charge in [-0.1, -0.05) is 23.2 Å². The van der Waals surface area contributed by atoms with Gasteiger partial charge in [0.2, 0.25) is 0 Å². The average molecular weight is 322 g/mol. The first-order chi connectivity index (χ1) is 10.0. The quantitative estimate of drug-likeness (QED) is 0.669. The summed E-state index contributed by atoms with van der Waals surface area (Å²) >= 11 is 12.0. The van der Waals surface area contributed by atoms with Crippen LogP contribution in [0.4, 0.5) is 11.4 Å². The monoisotopic (exact) mass is 321 g/mol. The van der Waals surface area contributed by atoms with Crippen molar-refractivity contribution in [3.05, 3.63) is 67.7 Å². The van der Waals surface area contributed by atoms with Gasteiger partial charge in [-0.2, -0.15) is 5.26 Å². The highest BCUT2D eigenvalue weighted by atomic mass is 35.5. The van der Waals surface area contributed by atoms with Crippen LogP contribution in [0.3, 0.4) is 0 Å². The molecule has 2 aromatic rings. The number of nitrogens with zero attached hydrogens (tertiary/aromatic N) is 2. The minimum atomic E-state index is -0.483. The summed E-state index contributed by atoms with van der Waals surface area (Å²) < 4.78 is 0. The van der Waals surface area contributed by atoms with Crippen LogP contribution in [-0.2, 0) is 6.54 Å². The fourth-order valence-corrected chi connectivity index (χ4v) is 2.10. The second-order valence-electron chi connectivity index (χ2n) is 4.19. The summed E-state index contributed by atoms with van der Waals surface area (Å²) in [6, 6.07) is 11.1. The predicted octanol–water partition coefficient (Wildman–Crippen LogP) is 4.39. The lowest BCUT2D eigenvalue weighted by atomic mass is 10.1. The van der Waals surface area contributed by atoms with E-state index in [0.29, 0.717) is 26.9 Å². The number of non-ortho nitro benzene ring substituents is 1. The number of nitrogens with one attached hydrogen (secondary N) is 1. The second-order valence-corrected chi connectivity index (χ2v) is 5.01. The van der Waals surface area contributed by atoms with Crippen molar-refractivity contribution in [1.29, 1.82) is 5.26 Å². The maximum absolute atomic E-state index is 10.8. The molecule has 21 heavy (non-hydrogen) atoms. The number of hydrogen-bond donors (Lipinski definition) is 1. The van der Waals surface area contributed by atoms with Gasteiger partial charge in [-0.3, -0.25) is 10.1 Å². The highest BCUT2D eigenvalue weighted by Crippen LogP contribution is 2.26. The molecule has 0 saturated carbocycles. The van der Waals surface area contributed by atoms with Gasteiger partial charge in [-0.15, -0.1) is 0 Å². The Bertz CT molecular complexity index is 741. The van der Waals surface area contributed by atoms with Gasteiger partial charge >= 0.3 is 0 Å². The number of halogens is 2. The van der Waals surface area contributed by atoms with Gasteiger partial charge in [0.1, 0.15) is 0 Å². The summed E-state index contributed by atoms with van der Waals surface area (Å²) in [6.07, 6.45) is 0. The van der Waals surface area contributed by atoms with Gasteiger partial charge in [0, 0.05) is 23.7 Å². The molecule has 0 aliphatic carbocycles. The van der Waals surface area contributed by atoms with Gasteiger partial charge < -0.3 is 5.32 Å². The summed E-state index contributed by atoms with van der Waals surface area (Å²) in [5.41, 5.74) is 1.57. The van der Waals surface area contributed by atoms with Crippen molar-refractivity contribution in [2.75, 3.05) is 5.32 Å². The Morgan fingerprint density at radius 1 is 1.19 bits per heavy atom. The standard InChI is InChI=1S/C14H9Cl2N3O2/c15-12-4-2-11(19(20)21)6-10(12)8-18-14-5-9(7-17)1-3-13(14)16/h1-6,18H,8H2. The maximum atomic E-state index is 10.8. The average Bonchev–Trinajstić information content (AvgIpc) is 2.47. The molecule has 0 bridgehead atoms. The molecule has 0 saturated heterocycles. The van der Waals surface area contributed by atoms with Crippen LogP contribution < -0.4 is 5.32 Å². The Hall–Kier alpha value is -2.29. The van der Waals surface area contributed by atoms with Crippen molar-refractivity contribution in [3.63, 3.8) is 0 Å². The first-order valence-electron chi connectivity index (χ1n) is 5.87. The Morgan fingerprint density at radius 3 is 2.57 bits per heavy atom. The highest BCUT2D eigenvalue weighted by Gasteiger charge is 2.10. The van der Waals surface area contributed by atoms with Crippen molar-refractivity contribution >= 4 is 34.6 Å². The van der Waals surface area contributed by atoms with E-state index in [4.69, 9.17) is 28.5 Å².